The van der Waals surface area contributed by atoms with Gasteiger partial charge in [0.2, 0.25) is 0 Å². The van der Waals surface area contributed by atoms with E-state index in [0.717, 1.165) is 25.1 Å². The fourth-order valence-electron chi connectivity index (χ4n) is 1.29. The molecule has 0 heterocycles. The quantitative estimate of drug-likeness (QED) is 0.454. The van der Waals surface area contributed by atoms with E-state index in [1.807, 2.05) is 12.1 Å². The Morgan fingerprint density at radius 3 is 2.78 bits per heavy atom. The highest BCUT2D eigenvalue weighted by molar-refractivity contribution is 6.30. The molecule has 18 heavy (non-hydrogen) atoms. The summed E-state index contributed by atoms with van der Waals surface area (Å²) in [4.78, 5) is 4.18. The first-order valence-corrected chi connectivity index (χ1v) is 6.52. The molecular weight excluding hydrogens is 250 g/mol. The van der Waals surface area contributed by atoms with Gasteiger partial charge in [-0.25, -0.2) is 0 Å². The van der Waals surface area contributed by atoms with E-state index in [-0.39, 0.29) is 0 Å². The van der Waals surface area contributed by atoms with Gasteiger partial charge in [-0.3, -0.25) is 4.99 Å². The molecule has 3 N–H and O–H groups in total. The number of ether oxygens (including phenoxy) is 1. The highest BCUT2D eigenvalue weighted by atomic mass is 35.5. The van der Waals surface area contributed by atoms with Crippen molar-refractivity contribution < 1.29 is 4.74 Å². The Bertz CT molecular complexity index is 365. The van der Waals surface area contributed by atoms with Crippen LogP contribution in [0.5, 0.6) is 5.75 Å². The van der Waals surface area contributed by atoms with E-state index in [0.29, 0.717) is 24.1 Å². The third kappa shape index (κ3) is 6.35. The fraction of sp³-hybridized carbons (Fsp3) is 0.462. The number of halogens is 1. The highest BCUT2D eigenvalue weighted by Gasteiger charge is 1.94. The van der Waals surface area contributed by atoms with Gasteiger partial charge in [-0.2, -0.15) is 0 Å². The van der Waals surface area contributed by atoms with Crippen LogP contribution in [0.15, 0.2) is 29.3 Å². The van der Waals surface area contributed by atoms with Crippen LogP contribution in [0, 0.1) is 0 Å². The second-order valence-electron chi connectivity index (χ2n) is 3.85. The summed E-state index contributed by atoms with van der Waals surface area (Å²) in [5.74, 6) is 1.27. The van der Waals surface area contributed by atoms with Gasteiger partial charge >= 0.3 is 0 Å². The Labute approximate surface area is 113 Å². The summed E-state index contributed by atoms with van der Waals surface area (Å²) in [6.07, 6.45) is 2.18. The first kappa shape index (κ1) is 14.6. The van der Waals surface area contributed by atoms with Crippen LogP contribution in [0.2, 0.25) is 5.02 Å². The minimum Gasteiger partial charge on any atom is -0.492 e. The van der Waals surface area contributed by atoms with Crippen LogP contribution in [0.3, 0.4) is 0 Å². The molecule has 1 rings (SSSR count). The third-order valence-corrected chi connectivity index (χ3v) is 2.54. The van der Waals surface area contributed by atoms with Crippen molar-refractivity contribution in [2.24, 2.45) is 10.7 Å². The summed E-state index contributed by atoms with van der Waals surface area (Å²) in [6.45, 7) is 4.06. The number of aliphatic imine (C=N–C) groups is 1. The Morgan fingerprint density at radius 2 is 2.11 bits per heavy atom. The molecule has 0 saturated carbocycles. The average molecular weight is 270 g/mol. The van der Waals surface area contributed by atoms with Crippen LogP contribution in [0.1, 0.15) is 19.8 Å². The van der Waals surface area contributed by atoms with Crippen molar-refractivity contribution >= 4 is 17.6 Å². The van der Waals surface area contributed by atoms with E-state index in [1.54, 1.807) is 12.1 Å². The number of benzene rings is 1. The van der Waals surface area contributed by atoms with Gasteiger partial charge in [0.1, 0.15) is 12.4 Å². The molecular formula is C13H20ClN3O. The number of rotatable bonds is 7. The average Bonchev–Trinajstić information content (AvgIpc) is 2.37. The summed E-state index contributed by atoms with van der Waals surface area (Å²) >= 11 is 5.77. The fourth-order valence-corrected chi connectivity index (χ4v) is 1.42. The largest absolute Gasteiger partial charge is 0.492 e. The van der Waals surface area contributed by atoms with Crippen LogP contribution in [-0.4, -0.2) is 25.7 Å². The maximum absolute atomic E-state index is 5.77. The lowest BCUT2D eigenvalue weighted by Gasteiger charge is -2.08. The first-order valence-electron chi connectivity index (χ1n) is 6.14. The molecule has 0 radical (unpaired) electrons. The molecule has 0 aliphatic carbocycles. The first-order chi connectivity index (χ1) is 8.72. The zero-order valence-electron chi connectivity index (χ0n) is 10.7. The molecule has 0 atom stereocenters. The molecule has 0 saturated heterocycles. The molecule has 0 aromatic heterocycles. The van der Waals surface area contributed by atoms with Gasteiger partial charge in [0.25, 0.3) is 0 Å². The Morgan fingerprint density at radius 1 is 1.39 bits per heavy atom. The van der Waals surface area contributed by atoms with Gasteiger partial charge in [0, 0.05) is 11.6 Å². The molecule has 0 bridgehead atoms. The Balaban J connectivity index is 2.14. The standard InChI is InChI=1S/C13H20ClN3O/c1-2-3-8-16-13(15)17-9-10-18-12-6-4-11(14)5-7-12/h4-7H,2-3,8-10H2,1H3,(H3,15,16,17). The number of nitrogens with one attached hydrogen (secondary N) is 1. The van der Waals surface area contributed by atoms with Crippen molar-refractivity contribution in [2.45, 2.75) is 19.8 Å². The molecule has 100 valence electrons. The van der Waals surface area contributed by atoms with E-state index in [2.05, 4.69) is 17.2 Å². The second kappa shape index (κ2) is 8.64. The summed E-state index contributed by atoms with van der Waals surface area (Å²) in [7, 11) is 0. The Hall–Kier alpha value is -1.42. The zero-order valence-corrected chi connectivity index (χ0v) is 11.4. The van der Waals surface area contributed by atoms with Crippen molar-refractivity contribution in [1.82, 2.24) is 5.32 Å². The predicted molar refractivity (Wildman–Crippen MR) is 76.3 cm³/mol. The number of hydrogen-bond acceptors (Lipinski definition) is 2. The summed E-state index contributed by atoms with van der Waals surface area (Å²) < 4.78 is 5.51. The van der Waals surface area contributed by atoms with E-state index >= 15 is 0 Å². The monoisotopic (exact) mass is 269 g/mol. The zero-order chi connectivity index (χ0) is 13.2. The van der Waals surface area contributed by atoms with Gasteiger partial charge in [0.15, 0.2) is 5.96 Å². The molecule has 0 amide bonds. The minimum atomic E-state index is 0.475. The topological polar surface area (TPSA) is 59.6 Å². The van der Waals surface area contributed by atoms with E-state index < -0.39 is 0 Å². The summed E-state index contributed by atoms with van der Waals surface area (Å²) in [5.41, 5.74) is 5.68. The minimum absolute atomic E-state index is 0.475. The van der Waals surface area contributed by atoms with Crippen molar-refractivity contribution in [3.63, 3.8) is 0 Å². The molecule has 4 nitrogen and oxygen atoms in total. The summed E-state index contributed by atoms with van der Waals surface area (Å²) in [6, 6.07) is 7.26. The Kier molecular flexibility index (Phi) is 7.03. The van der Waals surface area contributed by atoms with Gasteiger partial charge in [-0.15, -0.1) is 0 Å². The number of guanidine groups is 1. The molecule has 0 aliphatic rings. The van der Waals surface area contributed by atoms with Crippen LogP contribution in [-0.2, 0) is 0 Å². The lowest BCUT2D eigenvalue weighted by atomic mass is 10.3. The summed E-state index contributed by atoms with van der Waals surface area (Å²) in [5, 5.41) is 3.70. The molecule has 1 aromatic carbocycles. The van der Waals surface area contributed by atoms with Crippen molar-refractivity contribution in [3.8, 4) is 5.75 Å². The van der Waals surface area contributed by atoms with Crippen molar-refractivity contribution in [3.05, 3.63) is 29.3 Å². The smallest absolute Gasteiger partial charge is 0.188 e. The number of nitrogens with zero attached hydrogens (tertiary/aromatic N) is 1. The normalized spacial score (nSPS) is 11.3. The maximum atomic E-state index is 5.77. The molecule has 0 spiro atoms. The van der Waals surface area contributed by atoms with Gasteiger partial charge in [-0.05, 0) is 30.7 Å². The van der Waals surface area contributed by atoms with Crippen molar-refractivity contribution in [2.75, 3.05) is 19.7 Å². The second-order valence-corrected chi connectivity index (χ2v) is 4.29. The molecule has 1 aromatic rings. The molecule has 5 heteroatoms. The van der Waals surface area contributed by atoms with E-state index in [4.69, 9.17) is 22.1 Å². The van der Waals surface area contributed by atoms with Gasteiger partial charge in [-0.1, -0.05) is 24.9 Å². The van der Waals surface area contributed by atoms with Gasteiger partial charge < -0.3 is 15.8 Å². The number of hydrogen-bond donors (Lipinski definition) is 2. The van der Waals surface area contributed by atoms with Crippen molar-refractivity contribution in [1.29, 1.82) is 0 Å². The number of unbranched alkanes of at least 4 members (excludes halogenated alkanes) is 1. The lowest BCUT2D eigenvalue weighted by molar-refractivity contribution is 0.322. The van der Waals surface area contributed by atoms with Crippen LogP contribution in [0.4, 0.5) is 0 Å². The van der Waals surface area contributed by atoms with Crippen LogP contribution in [0.25, 0.3) is 0 Å². The molecule has 0 aliphatic heterocycles. The number of nitrogens with two attached hydrogens (primary N) is 1. The SMILES string of the molecule is CCCCN=C(N)NCCOc1ccc(Cl)cc1. The van der Waals surface area contributed by atoms with E-state index in [1.165, 1.54) is 0 Å². The molecule has 0 unspecified atom stereocenters. The van der Waals surface area contributed by atoms with Crippen LogP contribution < -0.4 is 15.8 Å². The maximum Gasteiger partial charge on any atom is 0.188 e. The van der Waals surface area contributed by atoms with Gasteiger partial charge in [0.05, 0.1) is 6.54 Å². The molecule has 0 fully saturated rings. The van der Waals surface area contributed by atoms with Crippen LogP contribution >= 0.6 is 11.6 Å². The van der Waals surface area contributed by atoms with E-state index in [9.17, 15) is 0 Å². The third-order valence-electron chi connectivity index (χ3n) is 2.28. The predicted octanol–water partition coefficient (Wildman–Crippen LogP) is 2.42. The highest BCUT2D eigenvalue weighted by Crippen LogP contribution is 2.14. The lowest BCUT2D eigenvalue weighted by Crippen LogP contribution is -2.34.